The summed E-state index contributed by atoms with van der Waals surface area (Å²) >= 11 is 0. The number of H-pyrrole nitrogens is 1. The third kappa shape index (κ3) is 2.81. The SMILES string of the molecule is Cc1nn(-c2ncnc3nc[nH]c23)c2c1[C@@H](c1cccc(C(F)(F)F)c1)CC(=O)N2. The quantitative estimate of drug-likeness (QED) is 0.525. The van der Waals surface area contributed by atoms with Crippen LogP contribution < -0.4 is 5.32 Å². The zero-order valence-corrected chi connectivity index (χ0v) is 15.5. The number of halogens is 3. The number of amides is 1. The van der Waals surface area contributed by atoms with Crippen molar-refractivity contribution in [2.75, 3.05) is 5.32 Å². The van der Waals surface area contributed by atoms with Gasteiger partial charge in [-0.2, -0.15) is 23.0 Å². The summed E-state index contributed by atoms with van der Waals surface area (Å²) in [5.74, 6) is -0.127. The number of alkyl halides is 3. The fourth-order valence-corrected chi connectivity index (χ4v) is 3.83. The molecule has 8 nitrogen and oxygen atoms in total. The second kappa shape index (κ2) is 6.37. The maximum atomic E-state index is 13.2. The minimum absolute atomic E-state index is 0.0179. The number of hydrogen-bond acceptors (Lipinski definition) is 5. The summed E-state index contributed by atoms with van der Waals surface area (Å²) in [4.78, 5) is 27.8. The lowest BCUT2D eigenvalue weighted by Crippen LogP contribution is -2.25. The summed E-state index contributed by atoms with van der Waals surface area (Å²) in [6.07, 6.45) is -1.65. The molecule has 152 valence electrons. The van der Waals surface area contributed by atoms with E-state index in [0.29, 0.717) is 39.6 Å². The number of hydrogen-bond donors (Lipinski definition) is 2. The van der Waals surface area contributed by atoms with Crippen LogP contribution >= 0.6 is 0 Å². The average molecular weight is 413 g/mol. The topological polar surface area (TPSA) is 101 Å². The van der Waals surface area contributed by atoms with Crippen molar-refractivity contribution in [3.63, 3.8) is 0 Å². The zero-order valence-electron chi connectivity index (χ0n) is 15.5. The van der Waals surface area contributed by atoms with Crippen molar-refractivity contribution < 1.29 is 18.0 Å². The number of aromatic amines is 1. The van der Waals surface area contributed by atoms with E-state index < -0.39 is 17.7 Å². The van der Waals surface area contributed by atoms with E-state index in [1.807, 2.05) is 0 Å². The lowest BCUT2D eigenvalue weighted by atomic mass is 9.85. The van der Waals surface area contributed by atoms with Gasteiger partial charge < -0.3 is 10.3 Å². The first kappa shape index (κ1) is 18.3. The number of fused-ring (bicyclic) bond motifs is 2. The molecule has 3 aromatic heterocycles. The monoisotopic (exact) mass is 413 g/mol. The van der Waals surface area contributed by atoms with Crippen LogP contribution in [-0.2, 0) is 11.0 Å². The maximum Gasteiger partial charge on any atom is 0.416 e. The molecule has 5 rings (SSSR count). The highest BCUT2D eigenvalue weighted by atomic mass is 19.4. The first-order valence-electron chi connectivity index (χ1n) is 9.04. The average Bonchev–Trinajstić information content (AvgIpc) is 3.31. The van der Waals surface area contributed by atoms with Gasteiger partial charge in [-0.1, -0.05) is 18.2 Å². The minimum Gasteiger partial charge on any atom is -0.340 e. The highest BCUT2D eigenvalue weighted by Crippen LogP contribution is 2.41. The van der Waals surface area contributed by atoms with Gasteiger partial charge in [0.15, 0.2) is 11.5 Å². The van der Waals surface area contributed by atoms with Gasteiger partial charge in [0.25, 0.3) is 0 Å². The van der Waals surface area contributed by atoms with E-state index in [0.717, 1.165) is 12.1 Å². The number of carbonyl (C=O) groups excluding carboxylic acids is 1. The number of imidazole rings is 1. The molecule has 2 N–H and O–H groups in total. The molecule has 4 aromatic rings. The predicted octanol–water partition coefficient (Wildman–Crippen LogP) is 3.34. The van der Waals surface area contributed by atoms with Crippen LogP contribution in [0.2, 0.25) is 0 Å². The van der Waals surface area contributed by atoms with Crippen molar-refractivity contribution in [2.24, 2.45) is 0 Å². The molecular formula is C19H14F3N7O. The Balaban J connectivity index is 1.69. The Kier molecular flexibility index (Phi) is 3.88. The Morgan fingerprint density at radius 2 is 2.03 bits per heavy atom. The Morgan fingerprint density at radius 1 is 1.20 bits per heavy atom. The van der Waals surface area contributed by atoms with E-state index in [1.165, 1.54) is 23.4 Å². The molecule has 1 aliphatic rings. The van der Waals surface area contributed by atoms with Crippen molar-refractivity contribution in [2.45, 2.75) is 25.4 Å². The van der Waals surface area contributed by atoms with Gasteiger partial charge in [0.2, 0.25) is 5.91 Å². The number of aromatic nitrogens is 6. The lowest BCUT2D eigenvalue weighted by Gasteiger charge is -2.25. The Labute approximate surface area is 167 Å². The predicted molar refractivity (Wildman–Crippen MR) is 100 cm³/mol. The second-order valence-electron chi connectivity index (χ2n) is 6.99. The van der Waals surface area contributed by atoms with Gasteiger partial charge in [-0.3, -0.25) is 4.79 Å². The highest BCUT2D eigenvalue weighted by Gasteiger charge is 2.35. The van der Waals surface area contributed by atoms with Crippen LogP contribution in [-0.4, -0.2) is 35.6 Å². The molecule has 0 fully saturated rings. The first-order valence-corrected chi connectivity index (χ1v) is 9.04. The first-order chi connectivity index (χ1) is 14.3. The van der Waals surface area contributed by atoms with Crippen LogP contribution in [0.1, 0.15) is 34.7 Å². The molecule has 0 aliphatic carbocycles. The summed E-state index contributed by atoms with van der Waals surface area (Å²) in [5, 5.41) is 7.31. The summed E-state index contributed by atoms with van der Waals surface area (Å²) in [6, 6.07) is 5.04. The molecule has 11 heteroatoms. The number of aryl methyl sites for hydroxylation is 1. The van der Waals surface area contributed by atoms with Crippen molar-refractivity contribution in [1.29, 1.82) is 0 Å². The molecule has 0 saturated heterocycles. The fourth-order valence-electron chi connectivity index (χ4n) is 3.83. The Bertz CT molecular complexity index is 1290. The van der Waals surface area contributed by atoms with E-state index in [4.69, 9.17) is 0 Å². The molecule has 0 radical (unpaired) electrons. The molecule has 1 aromatic carbocycles. The molecule has 0 saturated carbocycles. The molecule has 0 bridgehead atoms. The van der Waals surface area contributed by atoms with Gasteiger partial charge >= 0.3 is 6.18 Å². The smallest absolute Gasteiger partial charge is 0.340 e. The molecule has 1 aliphatic heterocycles. The number of nitrogens with one attached hydrogen (secondary N) is 2. The van der Waals surface area contributed by atoms with Gasteiger partial charge in [-0.05, 0) is 18.6 Å². The van der Waals surface area contributed by atoms with Crippen LogP contribution in [0.25, 0.3) is 17.0 Å². The number of nitrogens with zero attached hydrogens (tertiary/aromatic N) is 5. The van der Waals surface area contributed by atoms with Gasteiger partial charge in [-0.15, -0.1) is 0 Å². The minimum atomic E-state index is -4.47. The van der Waals surface area contributed by atoms with E-state index in [-0.39, 0.29) is 12.3 Å². The third-order valence-corrected chi connectivity index (χ3v) is 5.12. The fraction of sp³-hybridized carbons (Fsp3) is 0.211. The molecule has 30 heavy (non-hydrogen) atoms. The van der Waals surface area contributed by atoms with Crippen molar-refractivity contribution in [3.05, 3.63) is 59.3 Å². The number of anilines is 1. The van der Waals surface area contributed by atoms with Crippen molar-refractivity contribution in [1.82, 2.24) is 29.7 Å². The van der Waals surface area contributed by atoms with Gasteiger partial charge in [0.1, 0.15) is 17.7 Å². The summed E-state index contributed by atoms with van der Waals surface area (Å²) < 4.78 is 41.1. The third-order valence-electron chi connectivity index (χ3n) is 5.12. The maximum absolute atomic E-state index is 13.2. The molecule has 1 amide bonds. The zero-order chi connectivity index (χ0) is 21.0. The number of carbonyl (C=O) groups is 1. The summed E-state index contributed by atoms with van der Waals surface area (Å²) in [6.45, 7) is 1.75. The van der Waals surface area contributed by atoms with E-state index in [1.54, 1.807) is 13.0 Å². The van der Waals surface area contributed by atoms with Crippen molar-refractivity contribution >= 4 is 22.9 Å². The van der Waals surface area contributed by atoms with Crippen LogP contribution in [0.15, 0.2) is 36.9 Å². The Morgan fingerprint density at radius 3 is 2.83 bits per heavy atom. The summed E-state index contributed by atoms with van der Waals surface area (Å²) in [7, 11) is 0. The van der Waals surface area contributed by atoms with E-state index >= 15 is 0 Å². The van der Waals surface area contributed by atoms with Crippen molar-refractivity contribution in [3.8, 4) is 5.82 Å². The van der Waals surface area contributed by atoms with Crippen LogP contribution in [0.3, 0.4) is 0 Å². The number of rotatable bonds is 2. The van der Waals surface area contributed by atoms with Crippen LogP contribution in [0, 0.1) is 6.92 Å². The van der Waals surface area contributed by atoms with Crippen LogP contribution in [0.5, 0.6) is 0 Å². The molecule has 4 heterocycles. The number of benzene rings is 1. The summed E-state index contributed by atoms with van der Waals surface area (Å²) in [5.41, 5.74) is 1.83. The van der Waals surface area contributed by atoms with Crippen LogP contribution in [0.4, 0.5) is 19.0 Å². The standard InChI is InChI=1S/C19H14F3N7O/c1-9-14-12(10-3-2-4-11(5-10)19(20,21)22)6-13(30)27-17(14)29(28-9)18-15-16(24-7-23-15)25-8-26-18/h2-5,7-8,12H,6H2,1H3,(H,27,30)(H,23,24,25,26)/t12-/m1/s1. The molecule has 0 spiro atoms. The highest BCUT2D eigenvalue weighted by molar-refractivity contribution is 5.95. The molecule has 0 unspecified atom stereocenters. The second-order valence-corrected chi connectivity index (χ2v) is 6.99. The largest absolute Gasteiger partial charge is 0.416 e. The van der Waals surface area contributed by atoms with Gasteiger partial charge in [0, 0.05) is 17.9 Å². The molecule has 1 atom stereocenters. The van der Waals surface area contributed by atoms with E-state index in [9.17, 15) is 18.0 Å². The Hall–Kier alpha value is -3.76. The van der Waals surface area contributed by atoms with Gasteiger partial charge in [0.05, 0.1) is 17.6 Å². The normalized spacial score (nSPS) is 16.5. The van der Waals surface area contributed by atoms with Gasteiger partial charge in [-0.25, -0.2) is 15.0 Å². The van der Waals surface area contributed by atoms with E-state index in [2.05, 4.69) is 30.4 Å². The lowest BCUT2D eigenvalue weighted by molar-refractivity contribution is -0.137. The molecular weight excluding hydrogens is 399 g/mol.